The second-order valence-electron chi connectivity index (χ2n) is 14.4. The lowest BCUT2D eigenvalue weighted by atomic mass is 9.97. The van der Waals surface area contributed by atoms with Crippen LogP contribution in [0.15, 0.2) is 121 Å². The smallest absolute Gasteiger partial charge is 0.303 e. The van der Waals surface area contributed by atoms with Crippen LogP contribution in [-0.2, 0) is 78.6 Å². The first kappa shape index (κ1) is 39.2. The molecule has 3 aliphatic heterocycles. The van der Waals surface area contributed by atoms with Crippen LogP contribution < -0.4 is 0 Å². The summed E-state index contributed by atoms with van der Waals surface area (Å²) in [4.78, 5) is 12.9. The predicted octanol–water partition coefficient (Wildman–Crippen LogP) is 6.51. The van der Waals surface area contributed by atoms with Gasteiger partial charge in [-0.25, -0.2) is 0 Å². The Morgan fingerprint density at radius 3 is 1.51 bits per heavy atom. The average molecular weight is 755 g/mol. The first-order valence-electron chi connectivity index (χ1n) is 18.8. The van der Waals surface area contributed by atoms with Gasteiger partial charge in [0.25, 0.3) is 0 Å². The molecule has 4 aromatic rings. The molecule has 0 N–H and O–H groups in total. The molecule has 9 atom stereocenters. The maximum Gasteiger partial charge on any atom is 0.303 e. The number of fused-ring (bicyclic) bond motifs is 1. The number of carbonyl (C=O) groups is 1. The van der Waals surface area contributed by atoms with Crippen molar-refractivity contribution in [1.82, 2.24) is 0 Å². The Labute approximate surface area is 322 Å². The van der Waals surface area contributed by atoms with Gasteiger partial charge in [0.05, 0.1) is 39.6 Å². The molecule has 0 amide bonds. The van der Waals surface area contributed by atoms with Gasteiger partial charge in [-0.1, -0.05) is 121 Å². The van der Waals surface area contributed by atoms with Crippen molar-refractivity contribution in [3.63, 3.8) is 0 Å². The maximum atomic E-state index is 12.9. The van der Waals surface area contributed by atoms with E-state index in [1.807, 2.05) is 135 Å². The fraction of sp³-hybridized carbons (Fsp3) is 0.432. The highest BCUT2D eigenvalue weighted by molar-refractivity contribution is 5.66. The molecule has 7 rings (SSSR count). The average Bonchev–Trinajstić information content (AvgIpc) is 3.66. The van der Waals surface area contributed by atoms with Crippen LogP contribution >= 0.6 is 0 Å². The molecular weight excluding hydrogens is 704 g/mol. The normalized spacial score (nSPS) is 28.5. The third kappa shape index (κ3) is 10.6. The summed E-state index contributed by atoms with van der Waals surface area (Å²) in [6, 6.07) is 39.3. The fourth-order valence-electron chi connectivity index (χ4n) is 7.09. The predicted molar refractivity (Wildman–Crippen MR) is 200 cm³/mol. The van der Waals surface area contributed by atoms with Crippen LogP contribution in [0.4, 0.5) is 0 Å². The van der Waals surface area contributed by atoms with Crippen molar-refractivity contribution in [2.75, 3.05) is 13.2 Å². The van der Waals surface area contributed by atoms with Crippen molar-refractivity contribution in [2.24, 2.45) is 0 Å². The van der Waals surface area contributed by atoms with Crippen LogP contribution in [0, 0.1) is 0 Å². The van der Waals surface area contributed by atoms with Crippen molar-refractivity contribution < 1.29 is 52.2 Å². The number of hydrogen-bond donors (Lipinski definition) is 0. The molecule has 3 fully saturated rings. The summed E-state index contributed by atoms with van der Waals surface area (Å²) in [5.74, 6) is -1.41. The second-order valence-corrected chi connectivity index (χ2v) is 14.4. The molecule has 3 heterocycles. The lowest BCUT2D eigenvalue weighted by Crippen LogP contribution is -2.63. The van der Waals surface area contributed by atoms with E-state index in [0.717, 1.165) is 22.3 Å². The lowest BCUT2D eigenvalue weighted by Gasteiger charge is -2.46. The van der Waals surface area contributed by atoms with E-state index >= 15 is 0 Å². The quantitative estimate of drug-likeness (QED) is 0.110. The Kier molecular flexibility index (Phi) is 13.4. The van der Waals surface area contributed by atoms with Crippen LogP contribution in [0.3, 0.4) is 0 Å². The molecule has 3 saturated heterocycles. The van der Waals surface area contributed by atoms with Crippen molar-refractivity contribution >= 4 is 5.97 Å². The van der Waals surface area contributed by atoms with Gasteiger partial charge in [0, 0.05) is 6.92 Å². The van der Waals surface area contributed by atoms with Gasteiger partial charge < -0.3 is 47.4 Å². The van der Waals surface area contributed by atoms with Crippen molar-refractivity contribution in [2.45, 2.75) is 108 Å². The number of benzene rings is 4. The van der Waals surface area contributed by atoms with Gasteiger partial charge in [-0.3, -0.25) is 4.79 Å². The highest BCUT2D eigenvalue weighted by Crippen LogP contribution is 2.41. The van der Waals surface area contributed by atoms with E-state index in [1.165, 1.54) is 6.92 Å². The summed E-state index contributed by atoms with van der Waals surface area (Å²) >= 11 is 0. The van der Waals surface area contributed by atoms with Gasteiger partial charge in [-0.15, -0.1) is 0 Å². The molecule has 3 aliphatic rings. The molecule has 0 aromatic heterocycles. The third-order valence-corrected chi connectivity index (χ3v) is 9.63. The summed E-state index contributed by atoms with van der Waals surface area (Å²) in [7, 11) is 0. The molecule has 4 aromatic carbocycles. The minimum Gasteiger partial charge on any atom is -0.457 e. The Bertz CT molecular complexity index is 1740. The van der Waals surface area contributed by atoms with Crippen molar-refractivity contribution in [1.29, 1.82) is 0 Å². The molecule has 55 heavy (non-hydrogen) atoms. The molecule has 0 saturated carbocycles. The fourth-order valence-corrected chi connectivity index (χ4v) is 7.09. The lowest BCUT2D eigenvalue weighted by molar-refractivity contribution is -0.339. The monoisotopic (exact) mass is 754 g/mol. The summed E-state index contributed by atoms with van der Waals surface area (Å²) in [5.41, 5.74) is 3.90. The molecule has 0 bridgehead atoms. The molecule has 11 heteroatoms. The number of ether oxygens (including phenoxy) is 10. The first-order valence-corrected chi connectivity index (χ1v) is 18.8. The van der Waals surface area contributed by atoms with Crippen molar-refractivity contribution in [3.8, 4) is 0 Å². The first-order chi connectivity index (χ1) is 26.8. The van der Waals surface area contributed by atoms with E-state index in [9.17, 15) is 4.79 Å². The second kappa shape index (κ2) is 18.8. The standard InChI is InChI=1S/C44H50O11/c1-30(45)50-39-37(48-26-33-20-12-6-13-21-33)35(28-46-24-31-16-8-4-9-17-31)51-42(40(39)49-27-34-22-14-7-15-23-34)53-38-36(29-47-25-32-18-10-5-11-19-32)52-43-41(38)54-44(2,3)55-43/h4-23,35-43H,24-29H2,1-3H3/t35-,36-,37-,38-,39+,40-,41-,42-,43-/m1/s1. The van der Waals surface area contributed by atoms with Crippen LogP contribution in [0.25, 0.3) is 0 Å². The molecular formula is C44H50O11. The van der Waals surface area contributed by atoms with E-state index in [0.29, 0.717) is 13.2 Å². The van der Waals surface area contributed by atoms with Crippen molar-refractivity contribution in [3.05, 3.63) is 144 Å². The van der Waals surface area contributed by atoms with E-state index in [1.54, 1.807) is 0 Å². The van der Waals surface area contributed by atoms with Crippen LogP contribution in [-0.4, -0.2) is 80.3 Å². The van der Waals surface area contributed by atoms with E-state index in [4.69, 9.17) is 47.4 Å². The third-order valence-electron chi connectivity index (χ3n) is 9.63. The molecule has 0 unspecified atom stereocenters. The summed E-state index contributed by atoms with van der Waals surface area (Å²) in [6.07, 6.45) is -7.08. The molecule has 0 spiro atoms. The Morgan fingerprint density at radius 1 is 0.564 bits per heavy atom. The van der Waals surface area contributed by atoms with Crippen LogP contribution in [0.2, 0.25) is 0 Å². The minimum absolute atomic E-state index is 0.112. The Balaban J connectivity index is 1.18. The van der Waals surface area contributed by atoms with Gasteiger partial charge >= 0.3 is 5.97 Å². The Hall–Kier alpha value is -4.01. The van der Waals surface area contributed by atoms with Gasteiger partial charge in [0.15, 0.2) is 24.5 Å². The minimum atomic E-state index is -1.08. The molecule has 0 radical (unpaired) electrons. The highest BCUT2D eigenvalue weighted by Gasteiger charge is 2.58. The van der Waals surface area contributed by atoms with Crippen LogP contribution in [0.5, 0.6) is 0 Å². The zero-order valence-corrected chi connectivity index (χ0v) is 31.5. The van der Waals surface area contributed by atoms with Gasteiger partial charge in [-0.05, 0) is 36.1 Å². The topological polar surface area (TPSA) is 109 Å². The summed E-state index contributed by atoms with van der Waals surface area (Å²) < 4.78 is 64.5. The van der Waals surface area contributed by atoms with E-state index in [2.05, 4.69) is 0 Å². The zero-order chi connectivity index (χ0) is 38.0. The Morgan fingerprint density at radius 2 is 1.02 bits per heavy atom. The summed E-state index contributed by atoms with van der Waals surface area (Å²) in [6.45, 7) is 6.50. The van der Waals surface area contributed by atoms with Gasteiger partial charge in [0.1, 0.15) is 36.6 Å². The highest BCUT2D eigenvalue weighted by atomic mass is 16.9. The van der Waals surface area contributed by atoms with E-state index in [-0.39, 0.29) is 26.4 Å². The number of hydrogen-bond acceptors (Lipinski definition) is 11. The maximum absolute atomic E-state index is 12.9. The van der Waals surface area contributed by atoms with Gasteiger partial charge in [0.2, 0.25) is 0 Å². The SMILES string of the molecule is CC(=O)O[C@@H]1[C@@H](OCc2ccccc2)[C@@H](O[C@H]2[C@H]3OC(C)(C)O[C@H]3O[C@@H]2COCc2ccccc2)O[C@H](COCc2ccccc2)[C@H]1OCc1ccccc1. The van der Waals surface area contributed by atoms with Gasteiger partial charge in [-0.2, -0.15) is 0 Å². The van der Waals surface area contributed by atoms with Crippen LogP contribution in [0.1, 0.15) is 43.0 Å². The molecule has 11 nitrogen and oxygen atoms in total. The molecule has 0 aliphatic carbocycles. The largest absolute Gasteiger partial charge is 0.457 e. The van der Waals surface area contributed by atoms with E-state index < -0.39 is 67.1 Å². The molecule has 292 valence electrons. The zero-order valence-electron chi connectivity index (χ0n) is 31.5. The number of esters is 1. The number of carbonyl (C=O) groups excluding carboxylic acids is 1. The summed E-state index contributed by atoms with van der Waals surface area (Å²) in [5, 5.41) is 0. The number of rotatable bonds is 17.